The van der Waals surface area contributed by atoms with Crippen LogP contribution in [-0.4, -0.2) is 30.9 Å². The van der Waals surface area contributed by atoms with Gasteiger partial charge in [-0.05, 0) is 80.3 Å². The Morgan fingerprint density at radius 1 is 0.964 bits per heavy atom. The lowest BCUT2D eigenvalue weighted by molar-refractivity contribution is -0.133. The summed E-state index contributed by atoms with van der Waals surface area (Å²) in [6.07, 6.45) is 8.61. The molecule has 28 heavy (non-hydrogen) atoms. The van der Waals surface area contributed by atoms with Crippen LogP contribution in [0.1, 0.15) is 25.7 Å². The van der Waals surface area contributed by atoms with Crippen LogP contribution in [0.25, 0.3) is 0 Å². The Morgan fingerprint density at radius 3 is 2.18 bits per heavy atom. The highest BCUT2D eigenvalue weighted by atomic mass is 79.9. The maximum absolute atomic E-state index is 13.3. The Morgan fingerprint density at radius 2 is 1.57 bits per heavy atom. The SMILES string of the molecule is O=C(Nc1ccc(Br)cc1)[C@H]1[C@H](C(=O)NC2CCNCC2)[C@H]2C=C[C@H]1C21CC1. The van der Waals surface area contributed by atoms with E-state index in [9.17, 15) is 9.59 Å². The monoisotopic (exact) mass is 443 g/mol. The van der Waals surface area contributed by atoms with Crippen molar-refractivity contribution in [1.82, 2.24) is 10.6 Å². The topological polar surface area (TPSA) is 70.2 Å². The number of allylic oxidation sites excluding steroid dienone is 2. The van der Waals surface area contributed by atoms with Gasteiger partial charge in [0.25, 0.3) is 0 Å². The van der Waals surface area contributed by atoms with Crippen molar-refractivity contribution in [1.29, 1.82) is 0 Å². The van der Waals surface area contributed by atoms with Crippen molar-refractivity contribution in [3.63, 3.8) is 0 Å². The van der Waals surface area contributed by atoms with Gasteiger partial charge in [-0.15, -0.1) is 0 Å². The molecule has 4 atom stereocenters. The van der Waals surface area contributed by atoms with Crippen LogP contribution in [0.15, 0.2) is 40.9 Å². The van der Waals surface area contributed by atoms with E-state index in [0.29, 0.717) is 0 Å². The molecule has 1 saturated heterocycles. The van der Waals surface area contributed by atoms with Crippen LogP contribution >= 0.6 is 15.9 Å². The van der Waals surface area contributed by atoms with Gasteiger partial charge in [-0.2, -0.15) is 0 Å². The lowest BCUT2D eigenvalue weighted by Gasteiger charge is -2.30. The third-order valence-electron chi connectivity index (χ3n) is 7.24. The Kier molecular flexibility index (Phi) is 4.59. The van der Waals surface area contributed by atoms with Crippen LogP contribution in [0.4, 0.5) is 5.69 Å². The number of nitrogens with one attached hydrogen (secondary N) is 3. The predicted molar refractivity (Wildman–Crippen MR) is 112 cm³/mol. The van der Waals surface area contributed by atoms with Crippen molar-refractivity contribution in [3.8, 4) is 0 Å². The third kappa shape index (κ3) is 3.01. The van der Waals surface area contributed by atoms with Gasteiger partial charge < -0.3 is 16.0 Å². The average Bonchev–Trinajstić information content (AvgIpc) is 3.37. The molecule has 148 valence electrons. The highest BCUT2D eigenvalue weighted by molar-refractivity contribution is 9.10. The van der Waals surface area contributed by atoms with Crippen molar-refractivity contribution in [2.24, 2.45) is 29.1 Å². The standard InChI is InChI=1S/C22H26BrN3O2/c23-13-1-3-14(4-2-13)25-20(27)18-16-5-6-17(22(16)9-10-22)19(18)21(28)26-15-7-11-24-12-8-15/h1-6,15-19,24H,7-12H2,(H,25,27)(H,26,28)/t16-,17-,18-,19-/m1/s1. The molecule has 2 bridgehead atoms. The molecule has 4 aliphatic rings. The van der Waals surface area contributed by atoms with Gasteiger partial charge >= 0.3 is 0 Å². The van der Waals surface area contributed by atoms with Crippen molar-refractivity contribution >= 4 is 33.4 Å². The number of hydrogen-bond donors (Lipinski definition) is 3. The van der Waals surface area contributed by atoms with Crippen LogP contribution < -0.4 is 16.0 Å². The highest BCUT2D eigenvalue weighted by Crippen LogP contribution is 2.72. The van der Waals surface area contributed by atoms with Crippen LogP contribution in [0, 0.1) is 29.1 Å². The summed E-state index contributed by atoms with van der Waals surface area (Å²) >= 11 is 3.42. The molecule has 3 aliphatic carbocycles. The maximum Gasteiger partial charge on any atom is 0.228 e. The number of carbonyl (C=O) groups excluding carboxylic acids is 2. The molecule has 1 aliphatic heterocycles. The lowest BCUT2D eigenvalue weighted by Crippen LogP contribution is -2.48. The maximum atomic E-state index is 13.3. The number of anilines is 1. The van der Waals surface area contributed by atoms with Crippen molar-refractivity contribution in [2.45, 2.75) is 31.7 Å². The second kappa shape index (κ2) is 6.99. The van der Waals surface area contributed by atoms with Crippen LogP contribution in [0.5, 0.6) is 0 Å². The van der Waals surface area contributed by atoms with E-state index in [1.165, 1.54) is 0 Å². The quantitative estimate of drug-likeness (QED) is 0.626. The van der Waals surface area contributed by atoms with Gasteiger partial charge in [0.2, 0.25) is 11.8 Å². The second-order valence-electron chi connectivity index (χ2n) is 8.75. The van der Waals surface area contributed by atoms with E-state index < -0.39 is 0 Å². The molecular formula is C22H26BrN3O2. The number of amides is 2. The van der Waals surface area contributed by atoms with Crippen LogP contribution in [0.3, 0.4) is 0 Å². The van der Waals surface area contributed by atoms with E-state index in [2.05, 4.69) is 44.0 Å². The number of halogens is 1. The minimum absolute atomic E-state index is 0.0177. The van der Waals surface area contributed by atoms with Crippen LogP contribution in [-0.2, 0) is 9.59 Å². The smallest absolute Gasteiger partial charge is 0.228 e. The fourth-order valence-electron chi connectivity index (χ4n) is 5.73. The Labute approximate surface area is 173 Å². The van der Waals surface area contributed by atoms with Crippen molar-refractivity contribution in [3.05, 3.63) is 40.9 Å². The summed E-state index contributed by atoms with van der Waals surface area (Å²) in [5.41, 5.74) is 0.944. The number of benzene rings is 1. The average molecular weight is 444 g/mol. The molecule has 0 aromatic heterocycles. The van der Waals surface area contributed by atoms with E-state index in [1.54, 1.807) is 0 Å². The number of carbonyl (C=O) groups is 2. The first-order valence-electron chi connectivity index (χ1n) is 10.3. The van der Waals surface area contributed by atoms with Gasteiger partial charge in [-0.1, -0.05) is 28.1 Å². The third-order valence-corrected chi connectivity index (χ3v) is 7.77. The summed E-state index contributed by atoms with van der Waals surface area (Å²) < 4.78 is 0.976. The molecule has 3 N–H and O–H groups in total. The minimum atomic E-state index is -0.275. The molecule has 5 nitrogen and oxygen atoms in total. The van der Waals surface area contributed by atoms with Crippen molar-refractivity contribution in [2.75, 3.05) is 18.4 Å². The van der Waals surface area contributed by atoms with E-state index in [0.717, 1.165) is 48.9 Å². The van der Waals surface area contributed by atoms with E-state index in [1.807, 2.05) is 24.3 Å². The Balaban J connectivity index is 1.36. The fraction of sp³-hybridized carbons (Fsp3) is 0.545. The first-order chi connectivity index (χ1) is 13.6. The lowest BCUT2D eigenvalue weighted by atomic mass is 9.81. The zero-order chi connectivity index (χ0) is 19.3. The largest absolute Gasteiger partial charge is 0.353 e. The normalized spacial score (nSPS) is 32.5. The second-order valence-corrected chi connectivity index (χ2v) is 9.67. The molecule has 1 aromatic carbocycles. The highest BCUT2D eigenvalue weighted by Gasteiger charge is 2.69. The first kappa shape index (κ1) is 18.4. The number of hydrogen-bond acceptors (Lipinski definition) is 3. The summed E-state index contributed by atoms with van der Waals surface area (Å²) in [6.45, 7) is 1.89. The molecule has 2 amide bonds. The fourth-order valence-corrected chi connectivity index (χ4v) is 6.00. The van der Waals surface area contributed by atoms with Gasteiger partial charge in [0.1, 0.15) is 0 Å². The van der Waals surface area contributed by atoms with Gasteiger partial charge in [0, 0.05) is 16.2 Å². The number of rotatable bonds is 4. The molecule has 0 unspecified atom stereocenters. The Bertz CT molecular complexity index is 812. The molecule has 6 heteroatoms. The minimum Gasteiger partial charge on any atom is -0.353 e. The van der Waals surface area contributed by atoms with E-state index >= 15 is 0 Å². The summed E-state index contributed by atoms with van der Waals surface area (Å²) in [7, 11) is 0. The molecule has 1 heterocycles. The molecule has 1 spiro atoms. The van der Waals surface area contributed by atoms with Gasteiger partial charge in [0.05, 0.1) is 11.8 Å². The van der Waals surface area contributed by atoms with Gasteiger partial charge in [0.15, 0.2) is 0 Å². The summed E-state index contributed by atoms with van der Waals surface area (Å²) in [5.74, 6) is -0.0656. The molecule has 3 fully saturated rings. The predicted octanol–water partition coefficient (Wildman–Crippen LogP) is 3.08. The molecule has 0 radical (unpaired) electrons. The summed E-state index contributed by atoms with van der Waals surface area (Å²) in [6, 6.07) is 7.84. The van der Waals surface area contributed by atoms with Gasteiger partial charge in [-0.25, -0.2) is 0 Å². The van der Waals surface area contributed by atoms with Gasteiger partial charge in [-0.3, -0.25) is 9.59 Å². The number of piperidine rings is 1. The molecule has 2 saturated carbocycles. The summed E-state index contributed by atoms with van der Waals surface area (Å²) in [5, 5.41) is 9.67. The first-order valence-corrected chi connectivity index (χ1v) is 11.1. The Hall–Kier alpha value is -1.66. The van der Waals surface area contributed by atoms with E-state index in [4.69, 9.17) is 0 Å². The molecule has 5 rings (SSSR count). The molecular weight excluding hydrogens is 418 g/mol. The van der Waals surface area contributed by atoms with Crippen LogP contribution in [0.2, 0.25) is 0 Å². The zero-order valence-corrected chi connectivity index (χ0v) is 17.4. The van der Waals surface area contributed by atoms with E-state index in [-0.39, 0.29) is 46.9 Å². The summed E-state index contributed by atoms with van der Waals surface area (Å²) in [4.78, 5) is 26.5. The molecule has 1 aromatic rings. The zero-order valence-electron chi connectivity index (χ0n) is 15.8. The van der Waals surface area contributed by atoms with Crippen molar-refractivity contribution < 1.29 is 9.59 Å².